The van der Waals surface area contributed by atoms with Crippen molar-refractivity contribution in [3.05, 3.63) is 40.3 Å². The molecule has 2 aliphatic heterocycles. The van der Waals surface area contributed by atoms with Crippen LogP contribution in [-0.2, 0) is 9.53 Å². The van der Waals surface area contributed by atoms with Crippen molar-refractivity contribution < 1.29 is 14.3 Å². The molecule has 1 saturated carbocycles. The Labute approximate surface area is 246 Å². The van der Waals surface area contributed by atoms with Crippen molar-refractivity contribution in [2.75, 3.05) is 20.2 Å². The average Bonchev–Trinajstić information content (AvgIpc) is 3.23. The molecule has 228 valence electrons. The minimum absolute atomic E-state index is 0.0321. The van der Waals surface area contributed by atoms with Gasteiger partial charge < -0.3 is 14.2 Å². The first kappa shape index (κ1) is 32.8. The molecule has 41 heavy (non-hydrogen) atoms. The van der Waals surface area contributed by atoms with Crippen LogP contribution >= 0.6 is 0 Å². The Hall–Kier alpha value is -2.74. The molecule has 8 heteroatoms. The predicted octanol–water partition coefficient (Wildman–Crippen LogP) is 6.36. The lowest BCUT2D eigenvalue weighted by atomic mass is 9.89. The number of esters is 1. The fourth-order valence-corrected chi connectivity index (χ4v) is 7.03. The molecule has 1 aromatic carbocycles. The summed E-state index contributed by atoms with van der Waals surface area (Å²) < 4.78 is 6.82. The number of fused-ring (bicyclic) bond motifs is 3. The molecule has 2 bridgehead atoms. The first-order chi connectivity index (χ1) is 20.0. The molecule has 0 N–H and O–H groups in total. The maximum atomic E-state index is 13.9. The number of benzene rings is 1. The van der Waals surface area contributed by atoms with Crippen molar-refractivity contribution in [3.63, 3.8) is 0 Å². The van der Waals surface area contributed by atoms with E-state index in [-0.39, 0.29) is 30.4 Å². The van der Waals surface area contributed by atoms with Crippen LogP contribution in [0.3, 0.4) is 0 Å². The minimum Gasteiger partial charge on any atom is -0.465 e. The van der Waals surface area contributed by atoms with Gasteiger partial charge in [-0.05, 0) is 57.6 Å². The van der Waals surface area contributed by atoms with E-state index in [1.807, 2.05) is 56.5 Å². The number of amides is 1. The Morgan fingerprint density at radius 3 is 2.07 bits per heavy atom. The van der Waals surface area contributed by atoms with E-state index in [0.29, 0.717) is 23.6 Å². The van der Waals surface area contributed by atoms with Crippen LogP contribution in [-0.4, -0.2) is 69.6 Å². The third-order valence-electron chi connectivity index (χ3n) is 8.64. The van der Waals surface area contributed by atoms with Crippen molar-refractivity contribution in [1.82, 2.24) is 19.4 Å². The zero-order valence-electron chi connectivity index (χ0n) is 26.2. The largest absolute Gasteiger partial charge is 0.465 e. The highest BCUT2D eigenvalue weighted by Crippen LogP contribution is 2.44. The van der Waals surface area contributed by atoms with E-state index in [9.17, 15) is 14.4 Å². The van der Waals surface area contributed by atoms with Gasteiger partial charge in [-0.1, -0.05) is 71.9 Å². The van der Waals surface area contributed by atoms with E-state index in [1.165, 1.54) is 69.7 Å². The number of piperidine rings is 1. The molecule has 3 heterocycles. The summed E-state index contributed by atoms with van der Waals surface area (Å²) in [6.45, 7) is 9.74. The number of carbonyl (C=O) groups is 2. The van der Waals surface area contributed by atoms with Gasteiger partial charge in [0.1, 0.15) is 6.54 Å². The third kappa shape index (κ3) is 7.56. The third-order valence-corrected chi connectivity index (χ3v) is 8.64. The molecule has 5 rings (SSSR count). The van der Waals surface area contributed by atoms with Gasteiger partial charge in [-0.3, -0.25) is 19.3 Å². The lowest BCUT2D eigenvalue weighted by Gasteiger charge is -2.45. The second-order valence-electron chi connectivity index (χ2n) is 11.0. The summed E-state index contributed by atoms with van der Waals surface area (Å²) in [6, 6.07) is 9.25. The summed E-state index contributed by atoms with van der Waals surface area (Å²) in [5.41, 5.74) is 0.925. The fourth-order valence-electron chi connectivity index (χ4n) is 7.03. The number of nitrogens with zero attached hydrogens (tertiary/aromatic N) is 4. The summed E-state index contributed by atoms with van der Waals surface area (Å²) in [5.74, 6) is -1.05. The summed E-state index contributed by atoms with van der Waals surface area (Å²) in [7, 11) is 1.51. The topological polar surface area (TPSA) is 84.7 Å². The van der Waals surface area contributed by atoms with Gasteiger partial charge in [0.05, 0.1) is 17.6 Å². The van der Waals surface area contributed by atoms with Gasteiger partial charge in [-0.25, -0.2) is 4.98 Å². The standard InChI is InChI=1S/C29H40N4O4.2C2H6/c1-3-37-26(34)19-31(2)28(35)27-29(36)33(25-14-10-9-13-24(25)30-27)23-17-21-15-16-22(18-23)32(21)20-11-7-5-4-6-8-12-20;2*1-2/h9-10,13-14,20-23H,3-8,11-12,15-19H2,1-2H3;2*1-2H3/t21-,22?,23?;;/m0../s1. The summed E-state index contributed by atoms with van der Waals surface area (Å²) in [5, 5.41) is 0. The highest BCUT2D eigenvalue weighted by molar-refractivity contribution is 5.95. The highest BCUT2D eigenvalue weighted by atomic mass is 16.5. The van der Waals surface area contributed by atoms with Gasteiger partial charge in [0.25, 0.3) is 11.5 Å². The molecular formula is C33H52N4O4. The zero-order valence-corrected chi connectivity index (χ0v) is 26.2. The molecule has 1 aliphatic carbocycles. The molecule has 1 aromatic heterocycles. The van der Waals surface area contributed by atoms with Crippen molar-refractivity contribution in [2.24, 2.45) is 0 Å². The number of aromatic nitrogens is 2. The molecule has 3 fully saturated rings. The van der Waals surface area contributed by atoms with E-state index in [2.05, 4.69) is 9.88 Å². The smallest absolute Gasteiger partial charge is 0.325 e. The molecule has 3 atom stereocenters. The summed E-state index contributed by atoms with van der Waals surface area (Å²) >= 11 is 0. The van der Waals surface area contributed by atoms with Crippen molar-refractivity contribution in [2.45, 2.75) is 129 Å². The first-order valence-electron chi connectivity index (χ1n) is 16.2. The molecule has 0 spiro atoms. The molecule has 2 saturated heterocycles. The number of carbonyl (C=O) groups excluding carboxylic acids is 2. The van der Waals surface area contributed by atoms with Crippen LogP contribution in [0.4, 0.5) is 0 Å². The van der Waals surface area contributed by atoms with Gasteiger partial charge in [0.2, 0.25) is 0 Å². The quantitative estimate of drug-likeness (QED) is 0.377. The summed E-state index contributed by atoms with van der Waals surface area (Å²) in [6.07, 6.45) is 13.5. The van der Waals surface area contributed by atoms with Crippen LogP contribution in [0.15, 0.2) is 29.1 Å². The molecule has 2 unspecified atom stereocenters. The predicted molar refractivity (Wildman–Crippen MR) is 165 cm³/mol. The Morgan fingerprint density at radius 2 is 1.46 bits per heavy atom. The maximum Gasteiger partial charge on any atom is 0.325 e. The Balaban J connectivity index is 0.00000111. The van der Waals surface area contributed by atoms with Crippen molar-refractivity contribution in [1.29, 1.82) is 0 Å². The molecular weight excluding hydrogens is 516 g/mol. The van der Waals surface area contributed by atoms with E-state index >= 15 is 0 Å². The first-order valence-corrected chi connectivity index (χ1v) is 16.2. The van der Waals surface area contributed by atoms with Gasteiger partial charge in [-0.2, -0.15) is 0 Å². The molecule has 0 radical (unpaired) electrons. The highest BCUT2D eigenvalue weighted by Gasteiger charge is 2.44. The minimum atomic E-state index is -0.549. The summed E-state index contributed by atoms with van der Waals surface area (Å²) in [4.78, 5) is 47.6. The maximum absolute atomic E-state index is 13.9. The van der Waals surface area contributed by atoms with Gasteiger partial charge in [-0.15, -0.1) is 0 Å². The lowest BCUT2D eigenvalue weighted by molar-refractivity contribution is -0.143. The fraction of sp³-hybridized carbons (Fsp3) is 0.697. The van der Waals surface area contributed by atoms with Crippen LogP contribution in [0.25, 0.3) is 11.0 Å². The van der Waals surface area contributed by atoms with Gasteiger partial charge in [0, 0.05) is 31.2 Å². The van der Waals surface area contributed by atoms with E-state index < -0.39 is 11.9 Å². The molecule has 3 aliphatic rings. The van der Waals surface area contributed by atoms with E-state index in [1.54, 1.807) is 6.92 Å². The van der Waals surface area contributed by atoms with Gasteiger partial charge in [0.15, 0.2) is 5.69 Å². The van der Waals surface area contributed by atoms with Gasteiger partial charge >= 0.3 is 5.97 Å². The van der Waals surface area contributed by atoms with Crippen LogP contribution in [0, 0.1) is 0 Å². The number of para-hydroxylation sites is 2. The number of rotatable bonds is 6. The molecule has 8 nitrogen and oxygen atoms in total. The molecule has 1 amide bonds. The zero-order chi connectivity index (χ0) is 29.9. The Bertz CT molecular complexity index is 1170. The normalized spacial score (nSPS) is 22.8. The SMILES string of the molecule is CC.CC.CCOC(=O)CN(C)C(=O)c1nc2ccccc2n(C2CC3CC[C@@H](C2)N3C2CCCCCCC2)c1=O. The second kappa shape index (κ2) is 16.0. The lowest BCUT2D eigenvalue weighted by Crippen LogP contribution is -2.50. The van der Waals surface area contributed by atoms with Crippen molar-refractivity contribution >= 4 is 22.9 Å². The Morgan fingerprint density at radius 1 is 0.878 bits per heavy atom. The van der Waals surface area contributed by atoms with Crippen LogP contribution in [0.5, 0.6) is 0 Å². The second-order valence-corrected chi connectivity index (χ2v) is 11.0. The monoisotopic (exact) mass is 568 g/mol. The van der Waals surface area contributed by atoms with Crippen LogP contribution < -0.4 is 5.56 Å². The van der Waals surface area contributed by atoms with E-state index in [0.717, 1.165) is 18.4 Å². The van der Waals surface area contributed by atoms with Crippen LogP contribution in [0.1, 0.15) is 122 Å². The Kier molecular flexibility index (Phi) is 12.8. The number of hydrogen-bond acceptors (Lipinski definition) is 6. The number of ether oxygens (including phenoxy) is 1. The number of hydrogen-bond donors (Lipinski definition) is 0. The molecule has 2 aromatic rings. The average molecular weight is 569 g/mol. The number of likely N-dealkylation sites (N-methyl/N-ethyl adjacent to an activating group) is 1. The van der Waals surface area contributed by atoms with Crippen molar-refractivity contribution in [3.8, 4) is 0 Å². The van der Waals surface area contributed by atoms with Crippen LogP contribution in [0.2, 0.25) is 0 Å². The van der Waals surface area contributed by atoms with E-state index in [4.69, 9.17) is 4.74 Å².